The molecule has 0 fully saturated rings. The zero-order valence-electron chi connectivity index (χ0n) is 10.0. The highest BCUT2D eigenvalue weighted by Crippen LogP contribution is 2.29. The third-order valence-electron chi connectivity index (χ3n) is 2.84. The summed E-state index contributed by atoms with van der Waals surface area (Å²) in [6, 6.07) is 5.34. The fourth-order valence-corrected chi connectivity index (χ4v) is 2.66. The van der Waals surface area contributed by atoms with Crippen LogP contribution in [0.1, 0.15) is 16.4 Å². The fourth-order valence-electron chi connectivity index (χ4n) is 2.04. The first-order valence-electron chi connectivity index (χ1n) is 5.66. The number of oxazole rings is 1. The fraction of sp³-hybridized carbons (Fsp3) is 0.0769. The van der Waals surface area contributed by atoms with Crippen LogP contribution in [0.3, 0.4) is 0 Å². The van der Waals surface area contributed by atoms with Gasteiger partial charge in [0.1, 0.15) is 5.76 Å². The third-order valence-corrected chi connectivity index (χ3v) is 3.35. The van der Waals surface area contributed by atoms with Gasteiger partial charge in [-0.3, -0.25) is 0 Å². The van der Waals surface area contributed by atoms with Crippen LogP contribution >= 0.6 is 23.2 Å². The van der Waals surface area contributed by atoms with Crippen molar-refractivity contribution in [3.63, 3.8) is 0 Å². The van der Waals surface area contributed by atoms with Crippen molar-refractivity contribution in [2.75, 3.05) is 0 Å². The van der Waals surface area contributed by atoms with E-state index < -0.39 is 5.97 Å². The maximum atomic E-state index is 10.7. The van der Waals surface area contributed by atoms with Crippen molar-refractivity contribution in [3.8, 4) is 0 Å². The molecule has 0 saturated heterocycles. The average molecular weight is 311 g/mol. The first-order chi connectivity index (χ1) is 9.54. The number of aromatic carboxylic acids is 1. The monoisotopic (exact) mass is 310 g/mol. The van der Waals surface area contributed by atoms with Crippen molar-refractivity contribution >= 4 is 40.1 Å². The highest BCUT2D eigenvalue weighted by atomic mass is 35.5. The third kappa shape index (κ3) is 2.26. The zero-order valence-corrected chi connectivity index (χ0v) is 11.5. The van der Waals surface area contributed by atoms with E-state index in [4.69, 9.17) is 32.7 Å². The van der Waals surface area contributed by atoms with E-state index in [0.29, 0.717) is 22.4 Å². The minimum absolute atomic E-state index is 0.328. The molecule has 0 bridgehead atoms. The number of aromatic nitrogens is 2. The van der Waals surface area contributed by atoms with Crippen LogP contribution in [0, 0.1) is 0 Å². The van der Waals surface area contributed by atoms with Crippen molar-refractivity contribution in [1.29, 1.82) is 0 Å². The summed E-state index contributed by atoms with van der Waals surface area (Å²) in [5, 5.41) is 10.8. The van der Waals surface area contributed by atoms with Crippen LogP contribution in [0.4, 0.5) is 0 Å². The Morgan fingerprint density at radius 3 is 2.90 bits per heavy atom. The molecule has 102 valence electrons. The molecular weight excluding hydrogens is 303 g/mol. The molecule has 0 saturated carbocycles. The lowest BCUT2D eigenvalue weighted by molar-refractivity contribution is 0.0651. The van der Waals surface area contributed by atoms with Gasteiger partial charge < -0.3 is 14.1 Å². The number of hydrogen-bond acceptors (Lipinski definition) is 3. The minimum atomic E-state index is -1.20. The molecule has 1 N–H and O–H groups in total. The summed E-state index contributed by atoms with van der Waals surface area (Å²) in [6.45, 7) is 0.338. The molecule has 1 aromatic carbocycles. The van der Waals surface area contributed by atoms with E-state index in [9.17, 15) is 4.79 Å². The Kier molecular flexibility index (Phi) is 3.16. The lowest BCUT2D eigenvalue weighted by atomic mass is 10.2. The van der Waals surface area contributed by atoms with Gasteiger partial charge in [0, 0.05) is 16.6 Å². The molecule has 20 heavy (non-hydrogen) atoms. The van der Waals surface area contributed by atoms with E-state index in [-0.39, 0.29) is 5.89 Å². The molecule has 3 aromatic rings. The van der Waals surface area contributed by atoms with Crippen LogP contribution in [0.5, 0.6) is 0 Å². The van der Waals surface area contributed by atoms with Gasteiger partial charge in [0.15, 0.2) is 0 Å². The predicted molar refractivity (Wildman–Crippen MR) is 74.5 cm³/mol. The van der Waals surface area contributed by atoms with Crippen LogP contribution in [0.15, 0.2) is 35.0 Å². The van der Waals surface area contributed by atoms with Gasteiger partial charge in [-0.25, -0.2) is 9.78 Å². The number of halogens is 2. The SMILES string of the molecule is O=C(O)c1ncc(Cn2ccc3cc(Cl)cc(Cl)c32)o1. The lowest BCUT2D eigenvalue weighted by Crippen LogP contribution is -1.97. The first-order valence-corrected chi connectivity index (χ1v) is 6.42. The first kappa shape index (κ1) is 13.0. The van der Waals surface area contributed by atoms with Gasteiger partial charge in [-0.1, -0.05) is 23.2 Å². The highest BCUT2D eigenvalue weighted by molar-refractivity contribution is 6.38. The molecule has 0 aliphatic heterocycles. The van der Waals surface area contributed by atoms with Gasteiger partial charge >= 0.3 is 11.9 Å². The Hall–Kier alpha value is -1.98. The summed E-state index contributed by atoms with van der Waals surface area (Å²) in [5.74, 6) is -1.09. The number of nitrogens with zero attached hydrogens (tertiary/aromatic N) is 2. The maximum absolute atomic E-state index is 10.7. The average Bonchev–Trinajstić information content (AvgIpc) is 2.97. The molecule has 0 spiro atoms. The number of carboxylic acid groups (broad SMARTS) is 1. The molecule has 0 amide bonds. The number of carboxylic acids is 1. The predicted octanol–water partition coefficient (Wildman–Crippen LogP) is 3.68. The van der Waals surface area contributed by atoms with E-state index >= 15 is 0 Å². The smallest absolute Gasteiger partial charge is 0.392 e. The molecule has 2 aromatic heterocycles. The van der Waals surface area contributed by atoms with E-state index in [2.05, 4.69) is 4.98 Å². The zero-order chi connectivity index (χ0) is 14.3. The second kappa shape index (κ2) is 4.85. The van der Waals surface area contributed by atoms with Crippen LogP contribution in [-0.4, -0.2) is 20.6 Å². The standard InChI is InChI=1S/C13H8Cl2N2O3/c14-8-3-7-1-2-17(11(7)10(15)4-8)6-9-5-16-12(20-9)13(18)19/h1-5H,6H2,(H,18,19). The van der Waals surface area contributed by atoms with Crippen molar-refractivity contribution in [3.05, 3.63) is 52.3 Å². The van der Waals surface area contributed by atoms with Crippen LogP contribution in [-0.2, 0) is 6.54 Å². The molecule has 0 aliphatic rings. The molecule has 2 heterocycles. The largest absolute Gasteiger partial charge is 0.474 e. The minimum Gasteiger partial charge on any atom is -0.474 e. The van der Waals surface area contributed by atoms with Crippen molar-refractivity contribution in [2.45, 2.75) is 6.54 Å². The van der Waals surface area contributed by atoms with Gasteiger partial charge in [0.05, 0.1) is 23.3 Å². The summed E-state index contributed by atoms with van der Waals surface area (Å²) >= 11 is 12.1. The Balaban J connectivity index is 2.00. The van der Waals surface area contributed by atoms with Crippen molar-refractivity contribution in [1.82, 2.24) is 9.55 Å². The van der Waals surface area contributed by atoms with Crippen LogP contribution in [0.2, 0.25) is 10.0 Å². The summed E-state index contributed by atoms with van der Waals surface area (Å²) in [7, 11) is 0. The van der Waals surface area contributed by atoms with Gasteiger partial charge in [0.25, 0.3) is 0 Å². The number of hydrogen-bond donors (Lipinski definition) is 1. The van der Waals surface area contributed by atoms with E-state index in [0.717, 1.165) is 10.9 Å². The normalized spacial score (nSPS) is 11.1. The molecule has 0 unspecified atom stereocenters. The molecular formula is C13H8Cl2N2O3. The summed E-state index contributed by atoms with van der Waals surface area (Å²) in [6.07, 6.45) is 3.22. The van der Waals surface area contributed by atoms with E-state index in [1.165, 1.54) is 6.20 Å². The molecule has 0 radical (unpaired) electrons. The number of carbonyl (C=O) groups is 1. The van der Waals surface area contributed by atoms with E-state index in [1.54, 1.807) is 6.07 Å². The summed E-state index contributed by atoms with van der Waals surface area (Å²) in [4.78, 5) is 14.4. The molecule has 0 atom stereocenters. The van der Waals surface area contributed by atoms with Crippen LogP contribution in [0.25, 0.3) is 10.9 Å². The number of benzene rings is 1. The Morgan fingerprint density at radius 2 is 2.20 bits per heavy atom. The Labute approximate surface area is 123 Å². The number of rotatable bonds is 3. The second-order valence-corrected chi connectivity index (χ2v) is 5.05. The topological polar surface area (TPSA) is 68.3 Å². The van der Waals surface area contributed by atoms with Gasteiger partial charge in [-0.2, -0.15) is 0 Å². The van der Waals surface area contributed by atoms with Gasteiger partial charge in [0.2, 0.25) is 0 Å². The van der Waals surface area contributed by atoms with Crippen LogP contribution < -0.4 is 0 Å². The summed E-state index contributed by atoms with van der Waals surface area (Å²) in [5.41, 5.74) is 0.810. The van der Waals surface area contributed by atoms with Gasteiger partial charge in [-0.05, 0) is 18.2 Å². The summed E-state index contributed by atoms with van der Waals surface area (Å²) < 4.78 is 6.98. The molecule has 5 nitrogen and oxygen atoms in total. The van der Waals surface area contributed by atoms with Crippen molar-refractivity contribution in [2.24, 2.45) is 0 Å². The van der Waals surface area contributed by atoms with Gasteiger partial charge in [-0.15, -0.1) is 0 Å². The lowest BCUT2D eigenvalue weighted by Gasteiger charge is -2.04. The highest BCUT2D eigenvalue weighted by Gasteiger charge is 2.13. The Morgan fingerprint density at radius 1 is 1.40 bits per heavy atom. The quantitative estimate of drug-likeness (QED) is 0.801. The van der Waals surface area contributed by atoms with Crippen molar-refractivity contribution < 1.29 is 14.3 Å². The van der Waals surface area contributed by atoms with E-state index in [1.807, 2.05) is 22.9 Å². The molecule has 0 aliphatic carbocycles. The molecule has 7 heteroatoms. The molecule has 3 rings (SSSR count). The Bertz CT molecular complexity index is 807. The number of fused-ring (bicyclic) bond motifs is 1. The maximum Gasteiger partial charge on any atom is 0.392 e. The second-order valence-electron chi connectivity index (χ2n) is 4.21.